The van der Waals surface area contributed by atoms with Crippen molar-refractivity contribution in [2.24, 2.45) is 0 Å². The lowest BCUT2D eigenvalue weighted by Crippen LogP contribution is -2.17. The van der Waals surface area contributed by atoms with E-state index < -0.39 is 23.9 Å². The number of hydrogen-bond donors (Lipinski definition) is 1. The zero-order valence-electron chi connectivity index (χ0n) is 8.72. The van der Waals surface area contributed by atoms with Crippen LogP contribution in [-0.4, -0.2) is 17.4 Å². The number of benzene rings is 1. The summed E-state index contributed by atoms with van der Waals surface area (Å²) in [5, 5.41) is 8.62. The van der Waals surface area contributed by atoms with Gasteiger partial charge in [0.1, 0.15) is 4.88 Å². The molecule has 0 saturated carbocycles. The lowest BCUT2D eigenvalue weighted by molar-refractivity contribution is -0.275. The Labute approximate surface area is 112 Å². The molecule has 9 heteroatoms. The zero-order valence-corrected chi connectivity index (χ0v) is 10.3. The van der Waals surface area contributed by atoms with Crippen LogP contribution in [0.15, 0.2) is 12.1 Å². The molecule has 1 heterocycles. The van der Waals surface area contributed by atoms with Gasteiger partial charge in [-0.05, 0) is 6.07 Å². The van der Waals surface area contributed by atoms with Gasteiger partial charge < -0.3 is 9.84 Å². The van der Waals surface area contributed by atoms with Crippen LogP contribution in [0.5, 0.6) is 5.75 Å². The zero-order chi connectivity index (χ0) is 14.4. The van der Waals surface area contributed by atoms with Crippen LogP contribution >= 0.6 is 22.9 Å². The molecule has 2 aromatic rings. The third-order valence-corrected chi connectivity index (χ3v) is 3.75. The normalized spacial score (nSPS) is 11.8. The van der Waals surface area contributed by atoms with Crippen molar-refractivity contribution < 1.29 is 32.2 Å². The summed E-state index contributed by atoms with van der Waals surface area (Å²) in [6, 6.07) is 1.48. The Bertz CT molecular complexity index is 665. The van der Waals surface area contributed by atoms with Gasteiger partial charge in [-0.25, -0.2) is 9.18 Å². The largest absolute Gasteiger partial charge is 0.573 e. The molecule has 0 bridgehead atoms. The average molecular weight is 315 g/mol. The highest BCUT2D eigenvalue weighted by Gasteiger charge is 2.33. The minimum atomic E-state index is -5.04. The highest BCUT2D eigenvalue weighted by Crippen LogP contribution is 2.39. The fraction of sp³-hybridized carbons (Fsp3) is 0.100. The third kappa shape index (κ3) is 2.74. The van der Waals surface area contributed by atoms with E-state index in [0.29, 0.717) is 17.4 Å². The molecule has 0 amide bonds. The number of rotatable bonds is 2. The number of ether oxygens (including phenoxy) is 1. The number of fused-ring (bicyclic) bond motifs is 1. The maximum atomic E-state index is 13.4. The number of alkyl halides is 3. The Morgan fingerprint density at radius 3 is 2.53 bits per heavy atom. The van der Waals surface area contributed by atoms with Gasteiger partial charge in [-0.1, -0.05) is 11.6 Å². The molecule has 3 nitrogen and oxygen atoms in total. The first-order chi connectivity index (χ1) is 8.69. The molecular formula is C10H3ClF4O3S. The maximum Gasteiger partial charge on any atom is 0.573 e. The predicted octanol–water partition coefficient (Wildman–Crippen LogP) is 4.29. The molecule has 102 valence electrons. The standard InChI is InChI=1S/C10H3ClF4O3S/c11-7-3-1-4(12)5(18-10(13,14)15)2-6(3)19-8(7)9(16)17/h1-2H,(H,16,17). The van der Waals surface area contributed by atoms with Gasteiger partial charge in [0.15, 0.2) is 11.6 Å². The van der Waals surface area contributed by atoms with E-state index in [1.165, 1.54) is 0 Å². The first kappa shape index (κ1) is 13.9. The van der Waals surface area contributed by atoms with Gasteiger partial charge in [0.2, 0.25) is 0 Å². The second-order valence-corrected chi connectivity index (χ2v) is 4.81. The van der Waals surface area contributed by atoms with E-state index >= 15 is 0 Å². The summed E-state index contributed by atoms with van der Waals surface area (Å²) in [5.74, 6) is -3.65. The molecule has 0 spiro atoms. The second-order valence-electron chi connectivity index (χ2n) is 3.38. The van der Waals surface area contributed by atoms with Gasteiger partial charge >= 0.3 is 12.3 Å². The summed E-state index contributed by atoms with van der Waals surface area (Å²) in [6.07, 6.45) is -5.04. The van der Waals surface area contributed by atoms with Gasteiger partial charge in [-0.3, -0.25) is 0 Å². The topological polar surface area (TPSA) is 46.5 Å². The van der Waals surface area contributed by atoms with Crippen molar-refractivity contribution in [2.75, 3.05) is 0 Å². The lowest BCUT2D eigenvalue weighted by Gasteiger charge is -2.09. The van der Waals surface area contributed by atoms with E-state index in [4.69, 9.17) is 16.7 Å². The summed E-state index contributed by atoms with van der Waals surface area (Å²) < 4.78 is 53.1. The molecule has 0 aliphatic carbocycles. The maximum absolute atomic E-state index is 13.4. The highest BCUT2D eigenvalue weighted by atomic mass is 35.5. The van der Waals surface area contributed by atoms with Crippen LogP contribution in [0.2, 0.25) is 5.02 Å². The van der Waals surface area contributed by atoms with Gasteiger partial charge in [0, 0.05) is 16.2 Å². The molecule has 0 saturated heterocycles. The highest BCUT2D eigenvalue weighted by molar-refractivity contribution is 7.21. The minimum Gasteiger partial charge on any atom is -0.477 e. The van der Waals surface area contributed by atoms with Crippen LogP contribution < -0.4 is 4.74 Å². The number of halogens is 5. The fourth-order valence-electron chi connectivity index (χ4n) is 1.41. The molecule has 0 unspecified atom stereocenters. The van der Waals surface area contributed by atoms with Gasteiger partial charge in [-0.15, -0.1) is 24.5 Å². The first-order valence-electron chi connectivity index (χ1n) is 4.59. The molecular weight excluding hydrogens is 312 g/mol. The second kappa shape index (κ2) is 4.53. The number of hydrogen-bond acceptors (Lipinski definition) is 3. The molecule has 2 rings (SSSR count). The molecule has 1 aromatic carbocycles. The summed E-state index contributed by atoms with van der Waals surface area (Å²) in [4.78, 5) is 10.5. The van der Waals surface area contributed by atoms with E-state index in [9.17, 15) is 22.4 Å². The van der Waals surface area contributed by atoms with Crippen molar-refractivity contribution >= 4 is 39.0 Å². The number of carbonyl (C=O) groups is 1. The molecule has 0 atom stereocenters. The van der Waals surface area contributed by atoms with Crippen LogP contribution in [0.1, 0.15) is 9.67 Å². The SMILES string of the molecule is O=C(O)c1sc2cc(OC(F)(F)F)c(F)cc2c1Cl. The van der Waals surface area contributed by atoms with Crippen molar-refractivity contribution in [3.05, 3.63) is 27.8 Å². The Hall–Kier alpha value is -1.54. The smallest absolute Gasteiger partial charge is 0.477 e. The molecule has 1 N–H and O–H groups in total. The average Bonchev–Trinajstić information content (AvgIpc) is 2.55. The third-order valence-electron chi connectivity index (χ3n) is 2.10. The predicted molar refractivity (Wildman–Crippen MR) is 60.4 cm³/mol. The van der Waals surface area contributed by atoms with Gasteiger partial charge in [-0.2, -0.15) is 0 Å². The van der Waals surface area contributed by atoms with Gasteiger partial charge in [0.05, 0.1) is 5.02 Å². The Morgan fingerprint density at radius 1 is 1.37 bits per heavy atom. The van der Waals surface area contributed by atoms with Gasteiger partial charge in [0.25, 0.3) is 0 Å². The van der Waals surface area contributed by atoms with E-state index in [2.05, 4.69) is 4.74 Å². The van der Waals surface area contributed by atoms with Crippen molar-refractivity contribution in [2.45, 2.75) is 6.36 Å². The molecule has 1 aromatic heterocycles. The molecule has 0 fully saturated rings. The quantitative estimate of drug-likeness (QED) is 0.841. The van der Waals surface area contributed by atoms with Crippen LogP contribution in [-0.2, 0) is 0 Å². The minimum absolute atomic E-state index is 0.0242. The van der Waals surface area contributed by atoms with Crippen molar-refractivity contribution in [3.8, 4) is 5.75 Å². The Kier molecular flexibility index (Phi) is 3.31. The van der Waals surface area contributed by atoms with Crippen LogP contribution in [0, 0.1) is 5.82 Å². The Morgan fingerprint density at radius 2 is 2.00 bits per heavy atom. The monoisotopic (exact) mass is 314 g/mol. The van der Waals surface area contributed by atoms with Crippen LogP contribution in [0.4, 0.5) is 17.6 Å². The summed E-state index contributed by atoms with van der Waals surface area (Å²) in [7, 11) is 0. The van der Waals surface area contributed by atoms with E-state index in [1.54, 1.807) is 0 Å². The molecule has 0 aliphatic rings. The molecule has 0 aliphatic heterocycles. The van der Waals surface area contributed by atoms with Crippen LogP contribution in [0.3, 0.4) is 0 Å². The number of aromatic carboxylic acids is 1. The van der Waals surface area contributed by atoms with Crippen molar-refractivity contribution in [3.63, 3.8) is 0 Å². The summed E-state index contributed by atoms with van der Waals surface area (Å²) in [6.45, 7) is 0. The molecule has 19 heavy (non-hydrogen) atoms. The van der Waals surface area contributed by atoms with E-state index in [0.717, 1.165) is 6.07 Å². The number of thiophene rings is 1. The van der Waals surface area contributed by atoms with E-state index in [-0.39, 0.29) is 20.0 Å². The van der Waals surface area contributed by atoms with Crippen LogP contribution in [0.25, 0.3) is 10.1 Å². The van der Waals surface area contributed by atoms with Crippen molar-refractivity contribution in [1.82, 2.24) is 0 Å². The van der Waals surface area contributed by atoms with Crippen molar-refractivity contribution in [1.29, 1.82) is 0 Å². The lowest BCUT2D eigenvalue weighted by atomic mass is 10.2. The Balaban J connectivity index is 2.60. The summed E-state index contributed by atoms with van der Waals surface area (Å²) >= 11 is 6.34. The fourth-order valence-corrected chi connectivity index (χ4v) is 2.76. The first-order valence-corrected chi connectivity index (χ1v) is 5.79. The van der Waals surface area contributed by atoms with E-state index in [1.807, 2.05) is 0 Å². The number of carboxylic acid groups (broad SMARTS) is 1. The molecule has 0 radical (unpaired) electrons. The number of carboxylic acids is 1. The summed E-state index contributed by atoms with van der Waals surface area (Å²) in [5.41, 5.74) is 0.